The van der Waals surface area contributed by atoms with Gasteiger partial charge in [0.15, 0.2) is 10.8 Å². The molecule has 0 atom stereocenters. The molecule has 22 heavy (non-hydrogen) atoms. The number of aromatic nitrogens is 3. The van der Waals surface area contributed by atoms with Crippen LogP contribution in [0.5, 0.6) is 0 Å². The third-order valence-corrected chi connectivity index (χ3v) is 6.01. The second kappa shape index (κ2) is 6.88. The lowest BCUT2D eigenvalue weighted by Gasteiger charge is -2.18. The molecule has 0 spiro atoms. The van der Waals surface area contributed by atoms with Gasteiger partial charge >= 0.3 is 0 Å². The van der Waals surface area contributed by atoms with Crippen LogP contribution in [-0.2, 0) is 10.0 Å². The smallest absolute Gasteiger partial charge is 0.248 e. The number of halogens is 2. The molecular formula is C12H16F2N4O2S2. The van der Waals surface area contributed by atoms with Crippen molar-refractivity contribution in [3.05, 3.63) is 18.3 Å². The molecule has 0 bridgehead atoms. The van der Waals surface area contributed by atoms with E-state index in [2.05, 4.69) is 10.2 Å². The van der Waals surface area contributed by atoms with E-state index >= 15 is 0 Å². The Bertz CT molecular complexity index is 745. The Balaban J connectivity index is 2.43. The summed E-state index contributed by atoms with van der Waals surface area (Å²) in [5.74, 6) is -0.423. The summed E-state index contributed by atoms with van der Waals surface area (Å²) in [5, 5.41) is 7.90. The quantitative estimate of drug-likeness (QED) is 0.716. The van der Waals surface area contributed by atoms with Crippen molar-refractivity contribution in [3.63, 3.8) is 0 Å². The Morgan fingerprint density at radius 1 is 1.27 bits per heavy atom. The first-order chi connectivity index (χ1) is 10.4. The van der Waals surface area contributed by atoms with Gasteiger partial charge < -0.3 is 0 Å². The molecule has 0 fully saturated rings. The van der Waals surface area contributed by atoms with Crippen LogP contribution in [-0.4, -0.2) is 52.6 Å². The zero-order valence-corrected chi connectivity index (χ0v) is 13.7. The van der Waals surface area contributed by atoms with Crippen LogP contribution in [0.3, 0.4) is 0 Å². The Hall–Kier alpha value is -1.26. The fraction of sp³-hybridized carbons (Fsp3) is 0.500. The summed E-state index contributed by atoms with van der Waals surface area (Å²) in [4.78, 5) is 0.0856. The number of sulfonamides is 1. The lowest BCUT2D eigenvalue weighted by Crippen LogP contribution is -2.30. The van der Waals surface area contributed by atoms with E-state index in [1.165, 1.54) is 27.0 Å². The van der Waals surface area contributed by atoms with Gasteiger partial charge in [0.2, 0.25) is 16.4 Å². The summed E-state index contributed by atoms with van der Waals surface area (Å²) < 4.78 is 52.3. The van der Waals surface area contributed by atoms with Crippen molar-refractivity contribution in [2.45, 2.75) is 30.3 Å². The molecule has 2 heterocycles. The van der Waals surface area contributed by atoms with Crippen LogP contribution in [0.2, 0.25) is 0 Å². The van der Waals surface area contributed by atoms with E-state index in [4.69, 9.17) is 0 Å². The molecule has 122 valence electrons. The van der Waals surface area contributed by atoms with E-state index < -0.39 is 22.2 Å². The summed E-state index contributed by atoms with van der Waals surface area (Å²) in [6, 6.07) is 2.95. The summed E-state index contributed by atoms with van der Waals surface area (Å²) in [6.45, 7) is 4.21. The predicted octanol–water partition coefficient (Wildman–Crippen LogP) is 2.12. The number of thioether (sulfide) groups is 1. The number of pyridine rings is 1. The van der Waals surface area contributed by atoms with Crippen LogP contribution in [0.1, 0.15) is 13.8 Å². The number of hydrogen-bond donors (Lipinski definition) is 0. The molecule has 0 N–H and O–H groups in total. The van der Waals surface area contributed by atoms with Crippen LogP contribution in [0.25, 0.3) is 5.65 Å². The molecule has 2 aromatic heterocycles. The van der Waals surface area contributed by atoms with Crippen molar-refractivity contribution in [3.8, 4) is 0 Å². The fourth-order valence-corrected chi connectivity index (χ4v) is 4.07. The molecule has 0 saturated carbocycles. The van der Waals surface area contributed by atoms with E-state index in [1.807, 2.05) is 0 Å². The zero-order valence-electron chi connectivity index (χ0n) is 12.1. The molecule has 0 aliphatic heterocycles. The molecule has 0 aliphatic rings. The van der Waals surface area contributed by atoms with E-state index in [9.17, 15) is 17.2 Å². The first-order valence-electron chi connectivity index (χ1n) is 6.66. The summed E-state index contributed by atoms with van der Waals surface area (Å²) in [7, 11) is -3.62. The zero-order chi connectivity index (χ0) is 16.3. The van der Waals surface area contributed by atoms with Gasteiger partial charge in [0.1, 0.15) is 0 Å². The first kappa shape index (κ1) is 17.1. The first-order valence-corrected chi connectivity index (χ1v) is 9.08. The van der Waals surface area contributed by atoms with Gasteiger partial charge in [0.05, 0.1) is 10.6 Å². The topological polar surface area (TPSA) is 67.6 Å². The highest BCUT2D eigenvalue weighted by atomic mass is 32.2. The maximum absolute atomic E-state index is 12.5. The van der Waals surface area contributed by atoms with Gasteiger partial charge in [-0.3, -0.25) is 4.40 Å². The van der Waals surface area contributed by atoms with Crippen molar-refractivity contribution >= 4 is 27.4 Å². The predicted molar refractivity (Wildman–Crippen MR) is 79.8 cm³/mol. The number of fused-ring (bicyclic) bond motifs is 1. The van der Waals surface area contributed by atoms with E-state index in [0.717, 1.165) is 11.8 Å². The third kappa shape index (κ3) is 3.39. The Kier molecular flexibility index (Phi) is 5.35. The van der Waals surface area contributed by atoms with Crippen LogP contribution in [0, 0.1) is 0 Å². The van der Waals surface area contributed by atoms with Gasteiger partial charge in [0, 0.05) is 19.3 Å². The minimum atomic E-state index is -3.62. The fourth-order valence-electron chi connectivity index (χ4n) is 1.95. The molecular weight excluding hydrogens is 334 g/mol. The molecule has 2 aromatic rings. The lowest BCUT2D eigenvalue weighted by molar-refractivity contribution is 0.176. The number of rotatable bonds is 7. The molecule has 0 unspecified atom stereocenters. The average molecular weight is 350 g/mol. The number of nitrogens with zero attached hydrogens (tertiary/aromatic N) is 4. The van der Waals surface area contributed by atoms with Crippen molar-refractivity contribution < 1.29 is 17.2 Å². The normalized spacial score (nSPS) is 12.6. The molecule has 0 amide bonds. The maximum atomic E-state index is 12.5. The van der Waals surface area contributed by atoms with E-state index in [0.29, 0.717) is 18.7 Å². The highest BCUT2D eigenvalue weighted by Gasteiger charge is 2.22. The van der Waals surface area contributed by atoms with Gasteiger partial charge in [-0.05, 0) is 12.1 Å². The van der Waals surface area contributed by atoms with Gasteiger partial charge in [0.25, 0.3) is 0 Å². The van der Waals surface area contributed by atoms with Gasteiger partial charge in [-0.1, -0.05) is 25.6 Å². The number of alkyl halides is 2. The second-order valence-corrected chi connectivity index (χ2v) is 7.29. The van der Waals surface area contributed by atoms with Gasteiger partial charge in [-0.25, -0.2) is 17.2 Å². The molecule has 2 rings (SSSR count). The van der Waals surface area contributed by atoms with Gasteiger partial charge in [-0.15, -0.1) is 10.2 Å². The average Bonchev–Trinajstić information content (AvgIpc) is 2.88. The van der Waals surface area contributed by atoms with E-state index in [-0.39, 0.29) is 10.1 Å². The largest absolute Gasteiger partial charge is 0.276 e. The van der Waals surface area contributed by atoms with Crippen LogP contribution in [0.15, 0.2) is 28.4 Å². The van der Waals surface area contributed by atoms with Crippen molar-refractivity contribution in [1.29, 1.82) is 0 Å². The molecule has 10 heteroatoms. The van der Waals surface area contributed by atoms with E-state index in [1.54, 1.807) is 13.8 Å². The minimum Gasteiger partial charge on any atom is -0.276 e. The second-order valence-electron chi connectivity index (χ2n) is 4.37. The molecule has 0 aromatic carbocycles. The van der Waals surface area contributed by atoms with Crippen molar-refractivity contribution in [2.75, 3.05) is 18.8 Å². The summed E-state index contributed by atoms with van der Waals surface area (Å²) >= 11 is 0.835. The SMILES string of the molecule is CCN(CC)S(=O)(=O)c1ccc2nnc(SCC(F)F)n2c1. The summed E-state index contributed by atoms with van der Waals surface area (Å²) in [6.07, 6.45) is -1.10. The molecule has 6 nitrogen and oxygen atoms in total. The monoisotopic (exact) mass is 350 g/mol. The standard InChI is InChI=1S/C12H16F2N4O2S2/c1-3-17(4-2)22(19,20)9-5-6-11-15-16-12(18(11)7-9)21-8-10(13)14/h5-7,10H,3-4,8H2,1-2H3. The molecule has 0 saturated heterocycles. The summed E-state index contributed by atoms with van der Waals surface area (Å²) in [5.41, 5.74) is 0.412. The molecule has 0 aliphatic carbocycles. The Morgan fingerprint density at radius 3 is 2.55 bits per heavy atom. The Morgan fingerprint density at radius 2 is 1.95 bits per heavy atom. The number of hydrogen-bond acceptors (Lipinski definition) is 5. The highest BCUT2D eigenvalue weighted by Crippen LogP contribution is 2.22. The maximum Gasteiger partial charge on any atom is 0.248 e. The molecule has 0 radical (unpaired) electrons. The Labute approximate surface area is 131 Å². The third-order valence-electron chi connectivity index (χ3n) is 3.03. The lowest BCUT2D eigenvalue weighted by atomic mass is 10.5. The van der Waals surface area contributed by atoms with Crippen LogP contribution < -0.4 is 0 Å². The minimum absolute atomic E-state index is 0.0856. The van der Waals surface area contributed by atoms with Crippen molar-refractivity contribution in [1.82, 2.24) is 18.9 Å². The van der Waals surface area contributed by atoms with Crippen LogP contribution >= 0.6 is 11.8 Å². The van der Waals surface area contributed by atoms with Crippen molar-refractivity contribution in [2.24, 2.45) is 0 Å². The van der Waals surface area contributed by atoms with Gasteiger partial charge in [-0.2, -0.15) is 4.31 Å². The highest BCUT2D eigenvalue weighted by molar-refractivity contribution is 7.99. The van der Waals surface area contributed by atoms with Crippen LogP contribution in [0.4, 0.5) is 8.78 Å².